The standard InChI is InChI=1S/C15H31N3/c1-3-4-15-13-18(12-8-16-15)11-7-14-5-9-17(2)10-6-14/h14-16H,3-13H2,1-2H3. The van der Waals surface area contributed by atoms with Gasteiger partial charge in [-0.15, -0.1) is 0 Å². The van der Waals surface area contributed by atoms with Gasteiger partial charge in [-0.05, 0) is 58.3 Å². The van der Waals surface area contributed by atoms with E-state index in [0.717, 1.165) is 12.0 Å². The molecule has 2 aliphatic rings. The van der Waals surface area contributed by atoms with E-state index in [9.17, 15) is 0 Å². The highest BCUT2D eigenvalue weighted by Gasteiger charge is 2.21. The van der Waals surface area contributed by atoms with Crippen LogP contribution in [0.25, 0.3) is 0 Å². The molecular formula is C15H31N3. The van der Waals surface area contributed by atoms with Gasteiger partial charge in [0.1, 0.15) is 0 Å². The molecule has 2 rings (SSSR count). The molecule has 0 aliphatic carbocycles. The highest BCUT2D eigenvalue weighted by atomic mass is 15.2. The molecule has 0 aromatic carbocycles. The van der Waals surface area contributed by atoms with E-state index in [1.807, 2.05) is 0 Å². The van der Waals surface area contributed by atoms with Crippen molar-refractivity contribution in [1.29, 1.82) is 0 Å². The molecule has 0 aromatic heterocycles. The Morgan fingerprint density at radius 1 is 1.11 bits per heavy atom. The molecule has 2 heterocycles. The smallest absolute Gasteiger partial charge is 0.0195 e. The van der Waals surface area contributed by atoms with Crippen LogP contribution in [0.1, 0.15) is 39.0 Å². The van der Waals surface area contributed by atoms with Crippen LogP contribution >= 0.6 is 0 Å². The highest BCUT2D eigenvalue weighted by Crippen LogP contribution is 2.20. The van der Waals surface area contributed by atoms with Gasteiger partial charge in [-0.1, -0.05) is 13.3 Å². The van der Waals surface area contributed by atoms with E-state index in [1.54, 1.807) is 0 Å². The molecule has 1 atom stereocenters. The fraction of sp³-hybridized carbons (Fsp3) is 1.00. The average Bonchev–Trinajstić information content (AvgIpc) is 2.39. The molecule has 0 spiro atoms. The molecule has 0 aromatic rings. The maximum Gasteiger partial charge on any atom is 0.0195 e. The first-order valence-corrected chi connectivity index (χ1v) is 7.92. The van der Waals surface area contributed by atoms with Gasteiger partial charge in [0.05, 0.1) is 0 Å². The molecule has 3 heteroatoms. The van der Waals surface area contributed by atoms with Gasteiger partial charge in [-0.2, -0.15) is 0 Å². The minimum absolute atomic E-state index is 0.751. The van der Waals surface area contributed by atoms with Gasteiger partial charge in [-0.3, -0.25) is 0 Å². The van der Waals surface area contributed by atoms with Crippen LogP contribution < -0.4 is 5.32 Å². The zero-order chi connectivity index (χ0) is 12.8. The number of hydrogen-bond donors (Lipinski definition) is 1. The van der Waals surface area contributed by atoms with Crippen molar-refractivity contribution in [2.24, 2.45) is 5.92 Å². The monoisotopic (exact) mass is 253 g/mol. The SMILES string of the molecule is CCCC1CN(CCC2CCN(C)CC2)CCN1. The Labute approximate surface area is 113 Å². The van der Waals surface area contributed by atoms with Crippen molar-refractivity contribution in [2.75, 3.05) is 46.3 Å². The molecule has 1 N–H and O–H groups in total. The van der Waals surface area contributed by atoms with Crippen molar-refractivity contribution in [1.82, 2.24) is 15.1 Å². The number of piperidine rings is 1. The van der Waals surface area contributed by atoms with Crippen molar-refractivity contribution in [3.8, 4) is 0 Å². The van der Waals surface area contributed by atoms with Gasteiger partial charge >= 0.3 is 0 Å². The molecule has 18 heavy (non-hydrogen) atoms. The lowest BCUT2D eigenvalue weighted by atomic mass is 9.93. The van der Waals surface area contributed by atoms with Crippen LogP contribution in [0.3, 0.4) is 0 Å². The zero-order valence-corrected chi connectivity index (χ0v) is 12.3. The molecule has 3 nitrogen and oxygen atoms in total. The van der Waals surface area contributed by atoms with Crippen LogP contribution in [0.2, 0.25) is 0 Å². The summed E-state index contributed by atoms with van der Waals surface area (Å²) < 4.78 is 0. The zero-order valence-electron chi connectivity index (χ0n) is 12.3. The summed E-state index contributed by atoms with van der Waals surface area (Å²) in [5, 5.41) is 3.65. The third-order valence-electron chi connectivity index (χ3n) is 4.67. The number of likely N-dealkylation sites (tertiary alicyclic amines) is 1. The van der Waals surface area contributed by atoms with Crippen LogP contribution in [-0.4, -0.2) is 62.2 Å². The van der Waals surface area contributed by atoms with E-state index in [0.29, 0.717) is 0 Å². The predicted octanol–water partition coefficient (Wildman–Crippen LogP) is 1.79. The molecule has 2 aliphatic heterocycles. The van der Waals surface area contributed by atoms with Crippen LogP contribution in [0.4, 0.5) is 0 Å². The minimum Gasteiger partial charge on any atom is -0.311 e. The van der Waals surface area contributed by atoms with E-state index in [-0.39, 0.29) is 0 Å². The van der Waals surface area contributed by atoms with E-state index >= 15 is 0 Å². The average molecular weight is 253 g/mol. The molecular weight excluding hydrogens is 222 g/mol. The number of nitrogens with zero attached hydrogens (tertiary/aromatic N) is 2. The number of nitrogens with one attached hydrogen (secondary N) is 1. The summed E-state index contributed by atoms with van der Waals surface area (Å²) in [5.41, 5.74) is 0. The summed E-state index contributed by atoms with van der Waals surface area (Å²) in [5.74, 6) is 0.987. The lowest BCUT2D eigenvalue weighted by Crippen LogP contribution is -2.51. The van der Waals surface area contributed by atoms with Crippen LogP contribution in [0.5, 0.6) is 0 Å². The quantitative estimate of drug-likeness (QED) is 0.806. The van der Waals surface area contributed by atoms with Gasteiger partial charge in [0, 0.05) is 25.7 Å². The summed E-state index contributed by atoms with van der Waals surface area (Å²) in [6.07, 6.45) is 6.90. The lowest BCUT2D eigenvalue weighted by molar-refractivity contribution is 0.159. The maximum atomic E-state index is 3.65. The Balaban J connectivity index is 1.63. The fourth-order valence-electron chi connectivity index (χ4n) is 3.36. The summed E-state index contributed by atoms with van der Waals surface area (Å²) in [7, 11) is 2.25. The first-order valence-electron chi connectivity index (χ1n) is 7.92. The van der Waals surface area contributed by atoms with Crippen LogP contribution in [0.15, 0.2) is 0 Å². The molecule has 106 valence electrons. The van der Waals surface area contributed by atoms with Crippen molar-refractivity contribution in [3.05, 3.63) is 0 Å². The summed E-state index contributed by atoms with van der Waals surface area (Å²) in [6, 6.07) is 0.751. The second kappa shape index (κ2) is 7.46. The molecule has 0 amide bonds. The van der Waals surface area contributed by atoms with E-state index < -0.39 is 0 Å². The first-order chi connectivity index (χ1) is 8.78. The van der Waals surface area contributed by atoms with Gasteiger partial charge in [-0.25, -0.2) is 0 Å². The van der Waals surface area contributed by atoms with Crippen LogP contribution in [0, 0.1) is 5.92 Å². The van der Waals surface area contributed by atoms with Gasteiger partial charge < -0.3 is 15.1 Å². The Hall–Kier alpha value is -0.120. The third kappa shape index (κ3) is 4.52. The highest BCUT2D eigenvalue weighted by molar-refractivity contribution is 4.79. The lowest BCUT2D eigenvalue weighted by Gasteiger charge is -2.35. The molecule has 0 bridgehead atoms. The summed E-state index contributed by atoms with van der Waals surface area (Å²) >= 11 is 0. The second-order valence-corrected chi connectivity index (χ2v) is 6.28. The topological polar surface area (TPSA) is 18.5 Å². The molecule has 2 saturated heterocycles. The molecule has 2 fully saturated rings. The normalized spacial score (nSPS) is 28.7. The Bertz CT molecular complexity index is 222. The molecule has 1 unspecified atom stereocenters. The Morgan fingerprint density at radius 3 is 2.61 bits per heavy atom. The third-order valence-corrected chi connectivity index (χ3v) is 4.67. The maximum absolute atomic E-state index is 3.65. The minimum atomic E-state index is 0.751. The molecule has 0 radical (unpaired) electrons. The number of hydrogen-bond acceptors (Lipinski definition) is 3. The summed E-state index contributed by atoms with van der Waals surface area (Å²) in [4.78, 5) is 5.16. The molecule has 0 saturated carbocycles. The number of piperazine rings is 1. The Morgan fingerprint density at radius 2 is 1.89 bits per heavy atom. The van der Waals surface area contributed by atoms with E-state index in [4.69, 9.17) is 0 Å². The van der Waals surface area contributed by atoms with Gasteiger partial charge in [0.25, 0.3) is 0 Å². The largest absolute Gasteiger partial charge is 0.311 e. The number of rotatable bonds is 5. The predicted molar refractivity (Wildman–Crippen MR) is 78.0 cm³/mol. The van der Waals surface area contributed by atoms with Gasteiger partial charge in [0.15, 0.2) is 0 Å². The van der Waals surface area contributed by atoms with Crippen molar-refractivity contribution < 1.29 is 0 Å². The van der Waals surface area contributed by atoms with E-state index in [1.165, 1.54) is 71.4 Å². The Kier molecular flexibility index (Phi) is 5.93. The van der Waals surface area contributed by atoms with Crippen LogP contribution in [-0.2, 0) is 0 Å². The van der Waals surface area contributed by atoms with Crippen molar-refractivity contribution in [3.63, 3.8) is 0 Å². The van der Waals surface area contributed by atoms with Gasteiger partial charge in [0.2, 0.25) is 0 Å². The van der Waals surface area contributed by atoms with Crippen molar-refractivity contribution >= 4 is 0 Å². The second-order valence-electron chi connectivity index (χ2n) is 6.28. The van der Waals surface area contributed by atoms with Crippen molar-refractivity contribution in [2.45, 2.75) is 45.1 Å². The first kappa shape index (κ1) is 14.3. The summed E-state index contributed by atoms with van der Waals surface area (Å²) in [6.45, 7) is 9.97. The fourth-order valence-corrected chi connectivity index (χ4v) is 3.36. The van der Waals surface area contributed by atoms with E-state index in [2.05, 4.69) is 29.1 Å².